The molecule has 0 aromatic rings. The van der Waals surface area contributed by atoms with Crippen molar-refractivity contribution in [3.05, 3.63) is 0 Å². The predicted octanol–water partition coefficient (Wildman–Crippen LogP) is 1.60. The standard InChI is InChI=1S/C14H25NO4/c1-4-5-8-15(10-11(2)14(17)18-3)13(16)12-7-6-9-19-12/h11-12H,4-10H2,1-3H3. The number of nitrogens with zero attached hydrogens (tertiary/aromatic N) is 1. The van der Waals surface area contributed by atoms with Crippen LogP contribution in [0.4, 0.5) is 0 Å². The normalized spacial score (nSPS) is 20.1. The molecular weight excluding hydrogens is 246 g/mol. The van der Waals surface area contributed by atoms with Crippen LogP contribution in [0, 0.1) is 5.92 Å². The Morgan fingerprint density at radius 2 is 2.21 bits per heavy atom. The van der Waals surface area contributed by atoms with Crippen LogP contribution in [0.1, 0.15) is 39.5 Å². The van der Waals surface area contributed by atoms with Crippen molar-refractivity contribution in [2.75, 3.05) is 26.8 Å². The molecule has 0 saturated carbocycles. The van der Waals surface area contributed by atoms with Crippen LogP contribution in [0.2, 0.25) is 0 Å². The fourth-order valence-corrected chi connectivity index (χ4v) is 2.22. The molecule has 110 valence electrons. The van der Waals surface area contributed by atoms with E-state index >= 15 is 0 Å². The van der Waals surface area contributed by atoms with Gasteiger partial charge in [-0.2, -0.15) is 0 Å². The van der Waals surface area contributed by atoms with Gasteiger partial charge in [0.2, 0.25) is 0 Å². The molecule has 2 unspecified atom stereocenters. The zero-order chi connectivity index (χ0) is 14.3. The molecule has 1 heterocycles. The van der Waals surface area contributed by atoms with Crippen molar-refractivity contribution >= 4 is 11.9 Å². The Kier molecular flexibility index (Phi) is 6.84. The first-order valence-corrected chi connectivity index (χ1v) is 7.08. The molecule has 0 aromatic heterocycles. The SMILES string of the molecule is CCCCN(CC(C)C(=O)OC)C(=O)C1CCCO1. The molecule has 5 heteroatoms. The maximum absolute atomic E-state index is 12.3. The van der Waals surface area contributed by atoms with Gasteiger partial charge in [0, 0.05) is 19.7 Å². The van der Waals surface area contributed by atoms with Crippen LogP contribution in [0.3, 0.4) is 0 Å². The van der Waals surface area contributed by atoms with E-state index in [1.165, 1.54) is 7.11 Å². The van der Waals surface area contributed by atoms with Crippen molar-refractivity contribution in [3.63, 3.8) is 0 Å². The molecule has 0 bridgehead atoms. The molecule has 1 aliphatic heterocycles. The Morgan fingerprint density at radius 3 is 2.74 bits per heavy atom. The summed E-state index contributed by atoms with van der Waals surface area (Å²) in [5, 5.41) is 0. The highest BCUT2D eigenvalue weighted by molar-refractivity contribution is 5.82. The Balaban J connectivity index is 2.59. The lowest BCUT2D eigenvalue weighted by Crippen LogP contribution is -2.43. The molecule has 0 aromatic carbocycles. The molecule has 1 fully saturated rings. The number of carbonyl (C=O) groups excluding carboxylic acids is 2. The van der Waals surface area contributed by atoms with Gasteiger partial charge in [-0.1, -0.05) is 20.3 Å². The zero-order valence-electron chi connectivity index (χ0n) is 12.2. The maximum Gasteiger partial charge on any atom is 0.310 e. The number of carbonyl (C=O) groups is 2. The van der Waals surface area contributed by atoms with E-state index < -0.39 is 0 Å². The number of unbranched alkanes of at least 4 members (excludes halogenated alkanes) is 1. The summed E-state index contributed by atoms with van der Waals surface area (Å²) < 4.78 is 10.2. The van der Waals surface area contributed by atoms with Crippen molar-refractivity contribution in [2.24, 2.45) is 5.92 Å². The van der Waals surface area contributed by atoms with Gasteiger partial charge < -0.3 is 14.4 Å². The highest BCUT2D eigenvalue weighted by Crippen LogP contribution is 2.16. The van der Waals surface area contributed by atoms with Crippen LogP contribution >= 0.6 is 0 Å². The number of esters is 1. The lowest BCUT2D eigenvalue weighted by Gasteiger charge is -2.27. The number of hydrogen-bond acceptors (Lipinski definition) is 4. The summed E-state index contributed by atoms with van der Waals surface area (Å²) >= 11 is 0. The van der Waals surface area contributed by atoms with Gasteiger partial charge in [0.15, 0.2) is 0 Å². The first kappa shape index (κ1) is 16.0. The van der Waals surface area contributed by atoms with Crippen LogP contribution in [-0.2, 0) is 19.1 Å². The molecule has 2 atom stereocenters. The average Bonchev–Trinajstić information content (AvgIpc) is 2.95. The Hall–Kier alpha value is -1.10. The summed E-state index contributed by atoms with van der Waals surface area (Å²) in [6.07, 6.45) is 3.36. The fourth-order valence-electron chi connectivity index (χ4n) is 2.22. The minimum Gasteiger partial charge on any atom is -0.469 e. The number of ether oxygens (including phenoxy) is 2. The van der Waals surface area contributed by atoms with E-state index in [1.54, 1.807) is 11.8 Å². The van der Waals surface area contributed by atoms with Crippen molar-refractivity contribution in [2.45, 2.75) is 45.6 Å². The third kappa shape index (κ3) is 4.82. The molecule has 1 aliphatic rings. The number of hydrogen-bond donors (Lipinski definition) is 0. The average molecular weight is 271 g/mol. The van der Waals surface area contributed by atoms with Gasteiger partial charge in [-0.3, -0.25) is 9.59 Å². The Labute approximate surface area is 115 Å². The summed E-state index contributed by atoms with van der Waals surface area (Å²) in [6.45, 7) is 5.61. The molecule has 1 saturated heterocycles. The van der Waals surface area contributed by atoms with Crippen molar-refractivity contribution in [3.8, 4) is 0 Å². The zero-order valence-corrected chi connectivity index (χ0v) is 12.2. The molecule has 1 amide bonds. The highest BCUT2D eigenvalue weighted by Gasteiger charge is 2.29. The second kappa shape index (κ2) is 8.15. The van der Waals surface area contributed by atoms with Gasteiger partial charge in [0.05, 0.1) is 13.0 Å². The smallest absolute Gasteiger partial charge is 0.310 e. The van der Waals surface area contributed by atoms with Gasteiger partial charge in [-0.25, -0.2) is 0 Å². The molecular formula is C14H25NO4. The Morgan fingerprint density at radius 1 is 1.47 bits per heavy atom. The van der Waals surface area contributed by atoms with E-state index in [1.807, 2.05) is 0 Å². The first-order chi connectivity index (χ1) is 9.10. The monoisotopic (exact) mass is 271 g/mol. The van der Waals surface area contributed by atoms with E-state index in [2.05, 4.69) is 6.92 Å². The molecule has 5 nitrogen and oxygen atoms in total. The summed E-state index contributed by atoms with van der Waals surface area (Å²) in [6, 6.07) is 0. The number of methoxy groups -OCH3 is 1. The quantitative estimate of drug-likeness (QED) is 0.660. The summed E-state index contributed by atoms with van der Waals surface area (Å²) in [4.78, 5) is 25.6. The maximum atomic E-state index is 12.3. The molecule has 0 aliphatic carbocycles. The first-order valence-electron chi connectivity index (χ1n) is 7.08. The minimum atomic E-state index is -0.318. The number of rotatable bonds is 7. The van der Waals surface area contributed by atoms with E-state index in [0.717, 1.165) is 25.7 Å². The minimum absolute atomic E-state index is 0.0155. The predicted molar refractivity (Wildman–Crippen MR) is 71.6 cm³/mol. The second-order valence-electron chi connectivity index (χ2n) is 5.06. The molecule has 0 N–H and O–H groups in total. The lowest BCUT2D eigenvalue weighted by molar-refractivity contribution is -0.148. The fraction of sp³-hybridized carbons (Fsp3) is 0.857. The topological polar surface area (TPSA) is 55.8 Å². The van der Waals surface area contributed by atoms with Crippen molar-refractivity contribution < 1.29 is 19.1 Å². The van der Waals surface area contributed by atoms with Crippen LogP contribution in [-0.4, -0.2) is 49.7 Å². The summed E-state index contributed by atoms with van der Waals surface area (Å²) in [5.41, 5.74) is 0. The van der Waals surface area contributed by atoms with Gasteiger partial charge in [-0.05, 0) is 19.3 Å². The molecule has 0 spiro atoms. The lowest BCUT2D eigenvalue weighted by atomic mass is 10.1. The van der Waals surface area contributed by atoms with Crippen molar-refractivity contribution in [1.29, 1.82) is 0 Å². The molecule has 19 heavy (non-hydrogen) atoms. The van der Waals surface area contributed by atoms with Gasteiger partial charge in [-0.15, -0.1) is 0 Å². The van der Waals surface area contributed by atoms with Crippen molar-refractivity contribution in [1.82, 2.24) is 4.90 Å². The second-order valence-corrected chi connectivity index (χ2v) is 5.06. The van der Waals surface area contributed by atoms with E-state index in [0.29, 0.717) is 19.7 Å². The van der Waals surface area contributed by atoms with Gasteiger partial charge in [0.1, 0.15) is 6.10 Å². The summed E-state index contributed by atoms with van der Waals surface area (Å²) in [7, 11) is 1.37. The van der Waals surface area contributed by atoms with Crippen LogP contribution in [0.25, 0.3) is 0 Å². The van der Waals surface area contributed by atoms with Gasteiger partial charge >= 0.3 is 5.97 Å². The van der Waals surface area contributed by atoms with E-state index in [-0.39, 0.29) is 23.9 Å². The van der Waals surface area contributed by atoms with Gasteiger partial charge in [0.25, 0.3) is 5.91 Å². The third-order valence-electron chi connectivity index (χ3n) is 3.40. The highest BCUT2D eigenvalue weighted by atomic mass is 16.5. The number of amides is 1. The van der Waals surface area contributed by atoms with Crippen LogP contribution < -0.4 is 0 Å². The van der Waals surface area contributed by atoms with Crippen LogP contribution in [0.15, 0.2) is 0 Å². The largest absolute Gasteiger partial charge is 0.469 e. The third-order valence-corrected chi connectivity index (χ3v) is 3.40. The Bertz CT molecular complexity index is 300. The van der Waals surface area contributed by atoms with E-state index in [9.17, 15) is 9.59 Å². The molecule has 0 radical (unpaired) electrons. The summed E-state index contributed by atoms with van der Waals surface area (Å²) in [5.74, 6) is -0.560. The molecule has 1 rings (SSSR count). The van der Waals surface area contributed by atoms with Crippen LogP contribution in [0.5, 0.6) is 0 Å². The van der Waals surface area contributed by atoms with E-state index in [4.69, 9.17) is 9.47 Å².